The second-order valence-corrected chi connectivity index (χ2v) is 5.34. The second kappa shape index (κ2) is 5.02. The largest absolute Gasteiger partial charge is 0.497 e. The average Bonchev–Trinajstić information content (AvgIpc) is 2.45. The summed E-state index contributed by atoms with van der Waals surface area (Å²) < 4.78 is 5.19. The molecule has 2 aromatic rings. The molecule has 0 aliphatic rings. The highest BCUT2D eigenvalue weighted by Crippen LogP contribution is 2.25. The van der Waals surface area contributed by atoms with E-state index in [1.807, 2.05) is 50.2 Å². The monoisotopic (exact) mass is 257 g/mol. The molecule has 0 aliphatic heterocycles. The van der Waals surface area contributed by atoms with Crippen molar-refractivity contribution in [1.29, 1.82) is 0 Å². The lowest BCUT2D eigenvalue weighted by Gasteiger charge is -2.20. The first-order chi connectivity index (χ1) is 8.97. The number of ketones is 1. The fourth-order valence-electron chi connectivity index (χ4n) is 1.98. The number of carbonyl (C=O) groups is 1. The van der Waals surface area contributed by atoms with Crippen LogP contribution in [0.5, 0.6) is 5.75 Å². The van der Waals surface area contributed by atoms with Crippen molar-refractivity contribution in [2.45, 2.75) is 13.8 Å². The normalized spacial score (nSPS) is 11.6. The van der Waals surface area contributed by atoms with Crippen molar-refractivity contribution in [2.75, 3.05) is 13.7 Å². The number of Topliss-reactive ketones (excluding diaryl/α,β-unsaturated/α-hetero) is 1. The summed E-state index contributed by atoms with van der Waals surface area (Å²) in [7, 11) is 1.64. The third kappa shape index (κ3) is 2.61. The van der Waals surface area contributed by atoms with Gasteiger partial charge in [-0.05, 0) is 29.0 Å². The highest BCUT2D eigenvalue weighted by Gasteiger charge is 2.26. The van der Waals surface area contributed by atoms with Crippen LogP contribution in [0.2, 0.25) is 0 Å². The Bertz CT molecular complexity index is 617. The van der Waals surface area contributed by atoms with Crippen molar-refractivity contribution in [1.82, 2.24) is 0 Å². The number of ether oxygens (including phenoxy) is 1. The number of nitrogens with two attached hydrogens (primary N) is 1. The van der Waals surface area contributed by atoms with Gasteiger partial charge in [-0.1, -0.05) is 32.0 Å². The van der Waals surface area contributed by atoms with Crippen molar-refractivity contribution in [3.63, 3.8) is 0 Å². The van der Waals surface area contributed by atoms with Gasteiger partial charge < -0.3 is 10.5 Å². The van der Waals surface area contributed by atoms with Gasteiger partial charge in [0.25, 0.3) is 0 Å². The predicted molar refractivity (Wildman–Crippen MR) is 77.7 cm³/mol. The Morgan fingerprint density at radius 3 is 2.42 bits per heavy atom. The van der Waals surface area contributed by atoms with Crippen LogP contribution in [0.25, 0.3) is 10.8 Å². The molecule has 3 heteroatoms. The van der Waals surface area contributed by atoms with Crippen molar-refractivity contribution in [3.05, 3.63) is 42.0 Å². The van der Waals surface area contributed by atoms with E-state index in [-0.39, 0.29) is 5.78 Å². The average molecular weight is 257 g/mol. The fourth-order valence-corrected chi connectivity index (χ4v) is 1.98. The Morgan fingerprint density at radius 1 is 1.16 bits per heavy atom. The first-order valence-corrected chi connectivity index (χ1v) is 6.30. The molecule has 0 spiro atoms. The van der Waals surface area contributed by atoms with E-state index in [1.165, 1.54) is 0 Å². The zero-order valence-electron chi connectivity index (χ0n) is 11.6. The quantitative estimate of drug-likeness (QED) is 0.857. The maximum absolute atomic E-state index is 12.4. The Kier molecular flexibility index (Phi) is 3.58. The van der Waals surface area contributed by atoms with E-state index in [4.69, 9.17) is 10.5 Å². The first kappa shape index (κ1) is 13.6. The van der Waals surface area contributed by atoms with Crippen LogP contribution < -0.4 is 10.5 Å². The molecule has 0 saturated carbocycles. The molecule has 0 bridgehead atoms. The molecule has 0 saturated heterocycles. The zero-order valence-corrected chi connectivity index (χ0v) is 11.6. The highest BCUT2D eigenvalue weighted by atomic mass is 16.5. The van der Waals surface area contributed by atoms with Crippen LogP contribution in [0.3, 0.4) is 0 Å². The molecule has 2 aromatic carbocycles. The number of carbonyl (C=O) groups excluding carboxylic acids is 1. The van der Waals surface area contributed by atoms with E-state index in [9.17, 15) is 4.79 Å². The SMILES string of the molecule is COc1ccc2cc(C(=O)C(C)(C)CN)ccc2c1. The summed E-state index contributed by atoms with van der Waals surface area (Å²) in [5.74, 6) is 0.890. The molecule has 2 N–H and O–H groups in total. The zero-order chi connectivity index (χ0) is 14.0. The molecule has 0 amide bonds. The van der Waals surface area contributed by atoms with Crippen LogP contribution in [0, 0.1) is 5.41 Å². The van der Waals surface area contributed by atoms with Crippen molar-refractivity contribution < 1.29 is 9.53 Å². The lowest BCUT2D eigenvalue weighted by molar-refractivity contribution is 0.0847. The lowest BCUT2D eigenvalue weighted by atomic mass is 9.84. The third-order valence-corrected chi connectivity index (χ3v) is 3.43. The number of hydrogen-bond acceptors (Lipinski definition) is 3. The topological polar surface area (TPSA) is 52.3 Å². The van der Waals surface area contributed by atoms with Gasteiger partial charge in [-0.15, -0.1) is 0 Å². The van der Waals surface area contributed by atoms with Crippen molar-refractivity contribution in [3.8, 4) is 5.75 Å². The second-order valence-electron chi connectivity index (χ2n) is 5.34. The van der Waals surface area contributed by atoms with E-state index in [0.717, 1.165) is 16.5 Å². The van der Waals surface area contributed by atoms with Crippen LogP contribution in [-0.4, -0.2) is 19.4 Å². The van der Waals surface area contributed by atoms with Crippen LogP contribution >= 0.6 is 0 Å². The van der Waals surface area contributed by atoms with E-state index in [2.05, 4.69) is 0 Å². The van der Waals surface area contributed by atoms with Crippen LogP contribution in [0.4, 0.5) is 0 Å². The molecule has 19 heavy (non-hydrogen) atoms. The lowest BCUT2D eigenvalue weighted by Crippen LogP contribution is -2.32. The molecule has 0 aromatic heterocycles. The smallest absolute Gasteiger partial charge is 0.169 e. The van der Waals surface area contributed by atoms with Gasteiger partial charge >= 0.3 is 0 Å². The number of fused-ring (bicyclic) bond motifs is 1. The van der Waals surface area contributed by atoms with E-state index in [1.54, 1.807) is 7.11 Å². The number of methoxy groups -OCH3 is 1. The summed E-state index contributed by atoms with van der Waals surface area (Å²) in [5, 5.41) is 2.08. The molecule has 0 unspecified atom stereocenters. The summed E-state index contributed by atoms with van der Waals surface area (Å²) in [5.41, 5.74) is 5.83. The molecule has 0 heterocycles. The molecule has 0 fully saturated rings. The van der Waals surface area contributed by atoms with E-state index in [0.29, 0.717) is 12.1 Å². The Labute approximate surface area is 113 Å². The van der Waals surface area contributed by atoms with Gasteiger partial charge in [0.1, 0.15) is 5.75 Å². The summed E-state index contributed by atoms with van der Waals surface area (Å²) in [4.78, 5) is 12.4. The van der Waals surface area contributed by atoms with Gasteiger partial charge in [0, 0.05) is 17.5 Å². The van der Waals surface area contributed by atoms with Crippen molar-refractivity contribution >= 4 is 16.6 Å². The summed E-state index contributed by atoms with van der Waals surface area (Å²) in [6.07, 6.45) is 0. The van der Waals surface area contributed by atoms with Gasteiger partial charge in [0.15, 0.2) is 5.78 Å². The summed E-state index contributed by atoms with van der Waals surface area (Å²) in [6.45, 7) is 4.08. The highest BCUT2D eigenvalue weighted by molar-refractivity contribution is 6.03. The van der Waals surface area contributed by atoms with Gasteiger partial charge in [-0.25, -0.2) is 0 Å². The van der Waals surface area contributed by atoms with Crippen LogP contribution in [0.1, 0.15) is 24.2 Å². The molecule has 0 aliphatic carbocycles. The molecular formula is C16H19NO2. The van der Waals surface area contributed by atoms with Gasteiger partial charge in [0.05, 0.1) is 7.11 Å². The molecule has 0 atom stereocenters. The van der Waals surface area contributed by atoms with E-state index < -0.39 is 5.41 Å². The maximum Gasteiger partial charge on any atom is 0.169 e. The number of hydrogen-bond donors (Lipinski definition) is 1. The third-order valence-electron chi connectivity index (χ3n) is 3.43. The minimum Gasteiger partial charge on any atom is -0.497 e. The van der Waals surface area contributed by atoms with Crippen molar-refractivity contribution in [2.24, 2.45) is 11.1 Å². The predicted octanol–water partition coefficient (Wildman–Crippen LogP) is 3.02. The minimum atomic E-state index is -0.528. The standard InChI is InChI=1S/C16H19NO2/c1-16(2,10-17)15(18)13-5-4-12-9-14(19-3)7-6-11(12)8-13/h4-9H,10,17H2,1-3H3. The first-order valence-electron chi connectivity index (χ1n) is 6.30. The number of rotatable bonds is 4. The Balaban J connectivity index is 2.45. The minimum absolute atomic E-state index is 0.0766. The van der Waals surface area contributed by atoms with Crippen LogP contribution in [0.15, 0.2) is 36.4 Å². The van der Waals surface area contributed by atoms with Gasteiger partial charge in [-0.2, -0.15) is 0 Å². The molecule has 100 valence electrons. The number of benzene rings is 2. The van der Waals surface area contributed by atoms with Gasteiger partial charge in [-0.3, -0.25) is 4.79 Å². The van der Waals surface area contributed by atoms with Gasteiger partial charge in [0.2, 0.25) is 0 Å². The maximum atomic E-state index is 12.4. The fraction of sp³-hybridized carbons (Fsp3) is 0.312. The Morgan fingerprint density at radius 2 is 1.79 bits per heavy atom. The summed E-state index contributed by atoms with van der Waals surface area (Å²) >= 11 is 0. The molecule has 0 radical (unpaired) electrons. The Hall–Kier alpha value is -1.87. The summed E-state index contributed by atoms with van der Waals surface area (Å²) in [6, 6.07) is 11.5. The van der Waals surface area contributed by atoms with E-state index >= 15 is 0 Å². The molecular weight excluding hydrogens is 238 g/mol. The molecule has 3 nitrogen and oxygen atoms in total. The van der Waals surface area contributed by atoms with Crippen LogP contribution in [-0.2, 0) is 0 Å². The molecule has 2 rings (SSSR count).